The maximum Gasteiger partial charge on any atom is 0.335 e. The summed E-state index contributed by atoms with van der Waals surface area (Å²) in [4.78, 5) is 22.7. The van der Waals surface area contributed by atoms with Gasteiger partial charge in [0.25, 0.3) is 0 Å². The molecule has 0 saturated carbocycles. The van der Waals surface area contributed by atoms with Crippen LogP contribution in [-0.4, -0.2) is 53.5 Å². The van der Waals surface area contributed by atoms with Crippen molar-refractivity contribution in [3.63, 3.8) is 0 Å². The molecule has 0 aromatic heterocycles. The van der Waals surface area contributed by atoms with Crippen molar-refractivity contribution in [3.8, 4) is 0 Å². The molecule has 26 heavy (non-hydrogen) atoms. The third kappa shape index (κ3) is 6.09. The molecule has 7 heteroatoms. The van der Waals surface area contributed by atoms with Crippen LogP contribution in [0.4, 0.5) is 0 Å². The Labute approximate surface area is 153 Å². The molecule has 1 fully saturated rings. The Balaban J connectivity index is 1.77. The van der Waals surface area contributed by atoms with Gasteiger partial charge in [0.2, 0.25) is 5.91 Å². The van der Waals surface area contributed by atoms with Crippen LogP contribution in [0, 0.1) is 5.41 Å². The summed E-state index contributed by atoms with van der Waals surface area (Å²) in [5.41, 5.74) is 1.08. The lowest BCUT2D eigenvalue weighted by molar-refractivity contribution is -0.123. The molecule has 3 atom stereocenters. The van der Waals surface area contributed by atoms with Gasteiger partial charge in [0.15, 0.2) is 0 Å². The Morgan fingerprint density at radius 1 is 1.23 bits per heavy atom. The minimum absolute atomic E-state index is 0.0526. The number of aromatic carboxylic acids is 1. The smallest absolute Gasteiger partial charge is 0.335 e. The van der Waals surface area contributed by atoms with Gasteiger partial charge in [-0.3, -0.25) is 4.79 Å². The SMILES string of the molecule is CC(C)(C)CC(=O)NCC1OCC(NCc2ccc(C(=O)O)cc2)C1O. The molecule has 0 aliphatic carbocycles. The Bertz CT molecular complexity index is 624. The summed E-state index contributed by atoms with van der Waals surface area (Å²) in [6.45, 7) is 7.12. The van der Waals surface area contributed by atoms with Crippen LogP contribution in [0.25, 0.3) is 0 Å². The largest absolute Gasteiger partial charge is 0.478 e. The first-order chi connectivity index (χ1) is 12.2. The fourth-order valence-electron chi connectivity index (χ4n) is 2.82. The number of ether oxygens (including phenoxy) is 1. The molecule has 4 N–H and O–H groups in total. The third-order valence-electron chi connectivity index (χ3n) is 4.24. The van der Waals surface area contributed by atoms with E-state index in [2.05, 4.69) is 10.6 Å². The number of benzene rings is 1. The number of carbonyl (C=O) groups is 2. The average Bonchev–Trinajstić information content (AvgIpc) is 2.90. The molecule has 3 unspecified atom stereocenters. The van der Waals surface area contributed by atoms with Gasteiger partial charge in [-0.25, -0.2) is 4.79 Å². The number of aliphatic hydroxyl groups is 1. The molecule has 1 aromatic carbocycles. The van der Waals surface area contributed by atoms with E-state index in [1.54, 1.807) is 24.3 Å². The predicted octanol–water partition coefficient (Wildman–Crippen LogP) is 1.16. The van der Waals surface area contributed by atoms with Gasteiger partial charge < -0.3 is 25.6 Å². The normalized spacial score (nSPS) is 23.0. The Kier molecular flexibility index (Phi) is 6.75. The number of nitrogens with one attached hydrogen (secondary N) is 2. The molecule has 1 amide bonds. The minimum Gasteiger partial charge on any atom is -0.478 e. The van der Waals surface area contributed by atoms with Gasteiger partial charge in [-0.05, 0) is 23.1 Å². The van der Waals surface area contributed by atoms with Gasteiger partial charge in [-0.2, -0.15) is 0 Å². The van der Waals surface area contributed by atoms with E-state index < -0.39 is 18.2 Å². The van der Waals surface area contributed by atoms with E-state index in [9.17, 15) is 14.7 Å². The zero-order valence-electron chi connectivity index (χ0n) is 15.5. The molecule has 7 nitrogen and oxygen atoms in total. The number of aliphatic hydroxyl groups excluding tert-OH is 1. The molecule has 0 radical (unpaired) electrons. The summed E-state index contributed by atoms with van der Waals surface area (Å²) in [6, 6.07) is 6.34. The van der Waals surface area contributed by atoms with E-state index in [-0.39, 0.29) is 29.5 Å². The molecule has 1 aromatic rings. The molecule has 1 aliphatic heterocycles. The van der Waals surface area contributed by atoms with E-state index in [0.717, 1.165) is 5.56 Å². The van der Waals surface area contributed by atoms with Crippen LogP contribution in [0.5, 0.6) is 0 Å². The van der Waals surface area contributed by atoms with Crippen LogP contribution < -0.4 is 10.6 Å². The van der Waals surface area contributed by atoms with Gasteiger partial charge in [0.05, 0.1) is 24.3 Å². The van der Waals surface area contributed by atoms with Crippen molar-refractivity contribution in [1.82, 2.24) is 10.6 Å². The van der Waals surface area contributed by atoms with Crippen molar-refractivity contribution in [2.45, 2.75) is 52.0 Å². The lowest BCUT2D eigenvalue weighted by atomic mass is 9.92. The van der Waals surface area contributed by atoms with Gasteiger partial charge >= 0.3 is 5.97 Å². The van der Waals surface area contributed by atoms with Crippen molar-refractivity contribution >= 4 is 11.9 Å². The lowest BCUT2D eigenvalue weighted by Crippen LogP contribution is -2.44. The summed E-state index contributed by atoms with van der Waals surface area (Å²) in [6.07, 6.45) is -0.738. The van der Waals surface area contributed by atoms with E-state index in [1.807, 2.05) is 20.8 Å². The van der Waals surface area contributed by atoms with Crippen LogP contribution in [0.1, 0.15) is 43.1 Å². The van der Waals surface area contributed by atoms with Gasteiger partial charge in [0, 0.05) is 19.5 Å². The van der Waals surface area contributed by atoms with Gasteiger partial charge in [-0.1, -0.05) is 32.9 Å². The highest BCUT2D eigenvalue weighted by molar-refractivity contribution is 5.87. The maximum absolute atomic E-state index is 11.9. The second kappa shape index (κ2) is 8.62. The standard InChI is InChI=1S/C19H28N2O5/c1-19(2,3)8-16(22)21-10-15-17(23)14(11-26-15)20-9-12-4-6-13(7-5-12)18(24)25/h4-7,14-15,17,20,23H,8-11H2,1-3H3,(H,21,22)(H,24,25). The second-order valence-electron chi connectivity index (χ2n) is 7.89. The number of carboxylic acid groups (broad SMARTS) is 1. The van der Waals surface area contributed by atoms with Crippen LogP contribution in [0.2, 0.25) is 0 Å². The zero-order chi connectivity index (χ0) is 19.3. The number of rotatable bonds is 7. The number of carbonyl (C=O) groups excluding carboxylic acids is 1. The molecule has 0 spiro atoms. The molecular formula is C19H28N2O5. The maximum atomic E-state index is 11.9. The van der Waals surface area contributed by atoms with E-state index in [0.29, 0.717) is 19.6 Å². The van der Waals surface area contributed by atoms with Gasteiger partial charge in [-0.15, -0.1) is 0 Å². The Hall–Kier alpha value is -1.96. The lowest BCUT2D eigenvalue weighted by Gasteiger charge is -2.21. The van der Waals surface area contributed by atoms with Crippen molar-refractivity contribution in [3.05, 3.63) is 35.4 Å². The summed E-state index contributed by atoms with van der Waals surface area (Å²) in [5.74, 6) is -1.01. The topological polar surface area (TPSA) is 108 Å². The van der Waals surface area contributed by atoms with E-state index in [4.69, 9.17) is 9.84 Å². The van der Waals surface area contributed by atoms with Crippen molar-refractivity contribution < 1.29 is 24.5 Å². The first-order valence-electron chi connectivity index (χ1n) is 8.78. The van der Waals surface area contributed by atoms with E-state index >= 15 is 0 Å². The Morgan fingerprint density at radius 2 is 1.88 bits per heavy atom. The zero-order valence-corrected chi connectivity index (χ0v) is 15.5. The molecule has 144 valence electrons. The first-order valence-corrected chi connectivity index (χ1v) is 8.78. The second-order valence-corrected chi connectivity index (χ2v) is 7.89. The number of carboxylic acids is 1. The average molecular weight is 364 g/mol. The van der Waals surface area contributed by atoms with Crippen LogP contribution in [-0.2, 0) is 16.1 Å². The third-order valence-corrected chi connectivity index (χ3v) is 4.24. The number of hydrogen-bond acceptors (Lipinski definition) is 5. The fourth-order valence-corrected chi connectivity index (χ4v) is 2.82. The van der Waals surface area contributed by atoms with Crippen molar-refractivity contribution in [2.24, 2.45) is 5.41 Å². The van der Waals surface area contributed by atoms with Crippen LogP contribution in [0.3, 0.4) is 0 Å². The summed E-state index contributed by atoms with van der Waals surface area (Å²) < 4.78 is 5.59. The predicted molar refractivity (Wildman–Crippen MR) is 96.9 cm³/mol. The molecule has 2 rings (SSSR count). The Morgan fingerprint density at radius 3 is 2.46 bits per heavy atom. The van der Waals surface area contributed by atoms with Crippen LogP contribution >= 0.6 is 0 Å². The first kappa shape index (κ1) is 20.4. The summed E-state index contributed by atoms with van der Waals surface area (Å²) in [5, 5.41) is 25.3. The summed E-state index contributed by atoms with van der Waals surface area (Å²) >= 11 is 0. The van der Waals surface area contributed by atoms with Crippen molar-refractivity contribution in [1.29, 1.82) is 0 Å². The molecule has 1 saturated heterocycles. The highest BCUT2D eigenvalue weighted by Gasteiger charge is 2.35. The number of amides is 1. The highest BCUT2D eigenvalue weighted by Crippen LogP contribution is 2.19. The monoisotopic (exact) mass is 364 g/mol. The minimum atomic E-state index is -0.958. The molecular weight excluding hydrogens is 336 g/mol. The van der Waals surface area contributed by atoms with Crippen LogP contribution in [0.15, 0.2) is 24.3 Å². The quantitative estimate of drug-likeness (QED) is 0.578. The van der Waals surface area contributed by atoms with E-state index in [1.165, 1.54) is 0 Å². The van der Waals surface area contributed by atoms with Crippen molar-refractivity contribution in [2.75, 3.05) is 13.2 Å². The molecule has 1 aliphatic rings. The highest BCUT2D eigenvalue weighted by atomic mass is 16.5. The summed E-state index contributed by atoms with van der Waals surface area (Å²) in [7, 11) is 0. The fraction of sp³-hybridized carbons (Fsp3) is 0.579. The molecule has 0 bridgehead atoms. The molecule has 1 heterocycles. The number of hydrogen-bond donors (Lipinski definition) is 4. The van der Waals surface area contributed by atoms with Gasteiger partial charge in [0.1, 0.15) is 6.10 Å².